The zero-order valence-electron chi connectivity index (χ0n) is 10.1. The second-order valence-corrected chi connectivity index (χ2v) is 3.74. The highest BCUT2D eigenvalue weighted by molar-refractivity contribution is 5.29. The van der Waals surface area contributed by atoms with Crippen molar-refractivity contribution in [2.45, 2.75) is 47.5 Å². The van der Waals surface area contributed by atoms with Crippen LogP contribution in [0.3, 0.4) is 0 Å². The van der Waals surface area contributed by atoms with E-state index < -0.39 is 0 Å². The fourth-order valence-electron chi connectivity index (χ4n) is 1.05. The molecule has 0 atom stereocenters. The van der Waals surface area contributed by atoms with Crippen LogP contribution in [0, 0.1) is 0 Å². The van der Waals surface area contributed by atoms with Crippen molar-refractivity contribution in [1.29, 1.82) is 0 Å². The summed E-state index contributed by atoms with van der Waals surface area (Å²) in [7, 11) is 0. The van der Waals surface area contributed by atoms with Gasteiger partial charge >= 0.3 is 0 Å². The largest absolute Gasteiger partial charge is 0.122 e. The monoisotopic (exact) mass is 190 g/mol. The van der Waals surface area contributed by atoms with Crippen LogP contribution in [0.1, 0.15) is 47.5 Å². The van der Waals surface area contributed by atoms with E-state index in [0.717, 1.165) is 12.8 Å². The summed E-state index contributed by atoms with van der Waals surface area (Å²) in [6.07, 6.45) is 8.59. The van der Waals surface area contributed by atoms with Crippen LogP contribution in [0.15, 0.2) is 40.7 Å². The third kappa shape index (κ3) is 5.61. The Labute approximate surface area is 88.7 Å². The highest BCUT2D eigenvalue weighted by Gasteiger charge is 1.92. The third-order valence-corrected chi connectivity index (χ3v) is 2.34. The molecule has 0 heterocycles. The van der Waals surface area contributed by atoms with Gasteiger partial charge in [0.05, 0.1) is 0 Å². The van der Waals surface area contributed by atoms with E-state index >= 15 is 0 Å². The number of allylic oxidation sites excluding steroid dienone is 5. The van der Waals surface area contributed by atoms with Gasteiger partial charge in [0, 0.05) is 0 Å². The van der Waals surface area contributed by atoms with E-state index in [1.807, 2.05) is 0 Å². The molecular formula is C14H22. The highest BCUT2D eigenvalue weighted by Crippen LogP contribution is 2.11. The van der Waals surface area contributed by atoms with Crippen LogP contribution in [0.4, 0.5) is 0 Å². The molecule has 0 spiro atoms. The minimum atomic E-state index is 1.08. The Hall–Kier alpha value is -1.00. The number of unbranched alkanes of at least 4 members (excludes halogenated alkanes) is 1. The third-order valence-electron chi connectivity index (χ3n) is 2.34. The molecule has 0 N–H and O–H groups in total. The van der Waals surface area contributed by atoms with E-state index in [-0.39, 0.29) is 0 Å². The molecule has 0 nitrogen and oxygen atoms in total. The molecule has 14 heavy (non-hydrogen) atoms. The molecule has 0 aliphatic carbocycles. The SMILES string of the molecule is CC=CCCC=C=C(C)C(C)=C(C)C. The van der Waals surface area contributed by atoms with Crippen LogP contribution in [0.5, 0.6) is 0 Å². The van der Waals surface area contributed by atoms with Crippen molar-refractivity contribution in [2.75, 3.05) is 0 Å². The van der Waals surface area contributed by atoms with E-state index in [1.165, 1.54) is 16.7 Å². The summed E-state index contributed by atoms with van der Waals surface area (Å²) < 4.78 is 0. The van der Waals surface area contributed by atoms with Gasteiger partial charge in [-0.25, -0.2) is 0 Å². The van der Waals surface area contributed by atoms with Gasteiger partial charge in [-0.2, -0.15) is 0 Å². The van der Waals surface area contributed by atoms with E-state index in [9.17, 15) is 0 Å². The first-order valence-electron chi connectivity index (χ1n) is 5.27. The molecule has 0 aromatic heterocycles. The zero-order chi connectivity index (χ0) is 11.0. The first-order valence-corrected chi connectivity index (χ1v) is 5.27. The lowest BCUT2D eigenvalue weighted by Crippen LogP contribution is -1.80. The van der Waals surface area contributed by atoms with Gasteiger partial charge in [0.15, 0.2) is 0 Å². The summed E-state index contributed by atoms with van der Waals surface area (Å²) in [4.78, 5) is 0. The Morgan fingerprint density at radius 1 is 1.07 bits per heavy atom. The quantitative estimate of drug-likeness (QED) is 0.258. The Balaban J connectivity index is 4.30. The standard InChI is InChI=1S/C14H22/c1-6-7-8-9-10-11-13(4)14(5)12(2)3/h6-7,10H,8-9H2,1-5H3. The molecule has 0 heteroatoms. The number of hydrogen-bond donors (Lipinski definition) is 0. The molecule has 0 amide bonds. The Bertz CT molecular complexity index is 277. The Kier molecular flexibility index (Phi) is 6.88. The first kappa shape index (κ1) is 13.0. The highest BCUT2D eigenvalue weighted by atomic mass is 14.0. The predicted octanol–water partition coefficient (Wildman–Crippen LogP) is 4.80. The molecule has 0 fully saturated rings. The van der Waals surface area contributed by atoms with Crippen LogP contribution in [0.2, 0.25) is 0 Å². The average Bonchev–Trinajstić information content (AvgIpc) is 2.16. The van der Waals surface area contributed by atoms with Gasteiger partial charge in [0.1, 0.15) is 0 Å². The van der Waals surface area contributed by atoms with Crippen LogP contribution in [-0.2, 0) is 0 Å². The molecule has 0 bridgehead atoms. The lowest BCUT2D eigenvalue weighted by atomic mass is 10.1. The molecule has 0 aromatic rings. The maximum Gasteiger partial charge on any atom is -0.00662 e. The predicted molar refractivity (Wildman–Crippen MR) is 65.4 cm³/mol. The van der Waals surface area contributed by atoms with E-state index in [1.54, 1.807) is 0 Å². The maximum absolute atomic E-state index is 3.32. The van der Waals surface area contributed by atoms with Crippen LogP contribution >= 0.6 is 0 Å². The molecule has 0 saturated heterocycles. The van der Waals surface area contributed by atoms with Crippen molar-refractivity contribution in [3.8, 4) is 0 Å². The number of rotatable bonds is 4. The summed E-state index contributed by atoms with van der Waals surface area (Å²) in [5, 5.41) is 0. The molecule has 0 radical (unpaired) electrons. The molecule has 0 saturated carbocycles. The van der Waals surface area contributed by atoms with Crippen molar-refractivity contribution in [2.24, 2.45) is 0 Å². The van der Waals surface area contributed by atoms with Gasteiger partial charge in [-0.15, -0.1) is 5.73 Å². The van der Waals surface area contributed by atoms with Crippen molar-refractivity contribution in [3.05, 3.63) is 40.7 Å². The molecule has 0 aromatic carbocycles. The normalized spacial score (nSPS) is 9.79. The summed E-state index contributed by atoms with van der Waals surface area (Å²) in [5.41, 5.74) is 7.30. The molecule has 0 rings (SSSR count). The van der Waals surface area contributed by atoms with Gasteiger partial charge in [0.2, 0.25) is 0 Å². The minimum Gasteiger partial charge on any atom is -0.122 e. The van der Waals surface area contributed by atoms with Gasteiger partial charge in [-0.05, 0) is 64.7 Å². The first-order chi connectivity index (χ1) is 6.59. The van der Waals surface area contributed by atoms with Crippen molar-refractivity contribution >= 4 is 0 Å². The second-order valence-electron chi connectivity index (χ2n) is 3.74. The maximum atomic E-state index is 3.32. The van der Waals surface area contributed by atoms with Gasteiger partial charge < -0.3 is 0 Å². The molecule has 78 valence electrons. The molecule has 0 aliphatic heterocycles. The summed E-state index contributed by atoms with van der Waals surface area (Å²) >= 11 is 0. The topological polar surface area (TPSA) is 0 Å². The van der Waals surface area contributed by atoms with Gasteiger partial charge in [0.25, 0.3) is 0 Å². The van der Waals surface area contributed by atoms with E-state index in [0.29, 0.717) is 0 Å². The van der Waals surface area contributed by atoms with Gasteiger partial charge in [-0.1, -0.05) is 17.7 Å². The fraction of sp³-hybridized carbons (Fsp3) is 0.500. The molecule has 0 unspecified atom stereocenters. The molecule has 0 aliphatic rings. The van der Waals surface area contributed by atoms with Crippen molar-refractivity contribution < 1.29 is 0 Å². The second kappa shape index (κ2) is 7.41. The number of hydrogen-bond acceptors (Lipinski definition) is 0. The van der Waals surface area contributed by atoms with Crippen LogP contribution in [-0.4, -0.2) is 0 Å². The lowest BCUT2D eigenvalue weighted by Gasteiger charge is -1.99. The van der Waals surface area contributed by atoms with Crippen LogP contribution < -0.4 is 0 Å². The molecular weight excluding hydrogens is 168 g/mol. The van der Waals surface area contributed by atoms with Crippen molar-refractivity contribution in [1.82, 2.24) is 0 Å². The minimum absolute atomic E-state index is 1.08. The Morgan fingerprint density at radius 2 is 1.71 bits per heavy atom. The van der Waals surface area contributed by atoms with Crippen molar-refractivity contribution in [3.63, 3.8) is 0 Å². The van der Waals surface area contributed by atoms with Crippen LogP contribution in [0.25, 0.3) is 0 Å². The average molecular weight is 190 g/mol. The zero-order valence-corrected chi connectivity index (χ0v) is 10.1. The fourth-order valence-corrected chi connectivity index (χ4v) is 1.05. The lowest BCUT2D eigenvalue weighted by molar-refractivity contribution is 1.05. The summed E-state index contributed by atoms with van der Waals surface area (Å²) in [5.74, 6) is 0. The summed E-state index contributed by atoms with van der Waals surface area (Å²) in [6, 6.07) is 0. The van der Waals surface area contributed by atoms with E-state index in [2.05, 4.69) is 58.6 Å². The smallest absolute Gasteiger partial charge is 0.00662 e. The van der Waals surface area contributed by atoms with E-state index in [4.69, 9.17) is 0 Å². The Morgan fingerprint density at radius 3 is 2.21 bits per heavy atom. The van der Waals surface area contributed by atoms with Gasteiger partial charge in [-0.3, -0.25) is 0 Å². The summed E-state index contributed by atoms with van der Waals surface area (Å²) in [6.45, 7) is 10.6.